The molecule has 1 N–H and O–H groups in total. The lowest BCUT2D eigenvalue weighted by atomic mass is 10.0. The van der Waals surface area contributed by atoms with Crippen molar-refractivity contribution in [3.63, 3.8) is 0 Å². The maximum Gasteiger partial charge on any atom is 0.413 e. The zero-order valence-electron chi connectivity index (χ0n) is 31.8. The number of hydrogen-bond acceptors (Lipinski definition) is 10. The van der Waals surface area contributed by atoms with Crippen molar-refractivity contribution in [3.05, 3.63) is 34.9 Å². The molecular weight excluding hydrogens is 772 g/mol. The Morgan fingerprint density at radius 1 is 1.04 bits per heavy atom. The van der Waals surface area contributed by atoms with E-state index in [2.05, 4.69) is 27.2 Å². The topological polar surface area (TPSA) is 122 Å². The molecule has 4 aromatic rings. The van der Waals surface area contributed by atoms with Gasteiger partial charge in [-0.15, -0.1) is 10.9 Å². The first-order chi connectivity index (χ1) is 26.0. The number of nitrogens with one attached hydrogen (secondary N) is 1. The van der Waals surface area contributed by atoms with E-state index >= 15 is 8.78 Å². The Morgan fingerprint density at radius 2 is 1.75 bits per heavy atom. The lowest BCUT2D eigenvalue weighted by molar-refractivity contribution is 0.0122. The summed E-state index contributed by atoms with van der Waals surface area (Å²) in [5, 5.41) is 4.94. The summed E-state index contributed by atoms with van der Waals surface area (Å²) in [7, 11) is 3.65. The van der Waals surface area contributed by atoms with Gasteiger partial charge in [-0.1, -0.05) is 22.9 Å². The summed E-state index contributed by atoms with van der Waals surface area (Å²) in [6, 6.07) is 3.90. The molecule has 12 nitrogen and oxygen atoms in total. The molecule has 17 heteroatoms. The third-order valence-electron chi connectivity index (χ3n) is 9.41. The van der Waals surface area contributed by atoms with E-state index in [0.29, 0.717) is 24.3 Å². The standard InChI is InChI=1S/C38H44ClF2N7O5S2/c1-37(2,3)52-35(49)45-34-43-30-22(12-13-25(40)31(30)55-34)27-24(39)17-23-29(28(27)41)42-33(51-15-16-54-26-9-8-14-46(26)7)44-32(23)47-18-20-10-11-21(19-47)48(20)36(50)53-38(4,5)6/h12-13,16-17,20-21H,8-11,14-15,18-19H2,1-7H3,(H,43,45,49). The minimum absolute atomic E-state index is 0.0278. The van der Waals surface area contributed by atoms with Gasteiger partial charge in [0.05, 0.1) is 27.3 Å². The quantitative estimate of drug-likeness (QED) is 0.190. The van der Waals surface area contributed by atoms with Gasteiger partial charge in [0.1, 0.15) is 35.0 Å². The lowest BCUT2D eigenvalue weighted by Crippen LogP contribution is -2.57. The highest BCUT2D eigenvalue weighted by molar-refractivity contribution is 7.97. The van der Waals surface area contributed by atoms with Crippen molar-refractivity contribution in [1.29, 1.82) is 0 Å². The van der Waals surface area contributed by atoms with Gasteiger partial charge in [0.15, 0.2) is 10.9 Å². The molecule has 0 radical (unpaired) electrons. The van der Waals surface area contributed by atoms with Crippen LogP contribution in [0.1, 0.15) is 67.2 Å². The van der Waals surface area contributed by atoms with Crippen LogP contribution in [-0.4, -0.2) is 104 Å². The van der Waals surface area contributed by atoms with Crippen molar-refractivity contribution >= 4 is 88.5 Å². The van der Waals surface area contributed by atoms with Crippen molar-refractivity contribution in [1.82, 2.24) is 24.8 Å². The lowest BCUT2D eigenvalue weighted by Gasteiger charge is -2.42. The van der Waals surface area contributed by atoms with E-state index in [-0.39, 0.29) is 67.8 Å². The van der Waals surface area contributed by atoms with Crippen LogP contribution in [0, 0.1) is 11.6 Å². The Morgan fingerprint density at radius 3 is 2.40 bits per heavy atom. The zero-order chi connectivity index (χ0) is 39.4. The molecule has 2 amide bonds. The summed E-state index contributed by atoms with van der Waals surface area (Å²) in [6.45, 7) is 12.7. The van der Waals surface area contributed by atoms with Crippen LogP contribution in [0.2, 0.25) is 5.02 Å². The summed E-state index contributed by atoms with van der Waals surface area (Å²) in [5.41, 5.74) is -1.17. The summed E-state index contributed by atoms with van der Waals surface area (Å²) in [4.78, 5) is 46.9. The molecular formula is C38H44ClF2N7O5S2. The molecule has 0 spiro atoms. The van der Waals surface area contributed by atoms with Gasteiger partial charge in [0, 0.05) is 46.5 Å². The van der Waals surface area contributed by atoms with Crippen LogP contribution in [0.5, 0.6) is 6.01 Å². The molecule has 0 aliphatic carbocycles. The second kappa shape index (κ2) is 15.1. The molecule has 294 valence electrons. The number of amides is 2. The van der Waals surface area contributed by atoms with Gasteiger partial charge < -0.3 is 19.1 Å². The highest BCUT2D eigenvalue weighted by atomic mass is 35.5. The summed E-state index contributed by atoms with van der Waals surface area (Å²) in [6.07, 6.45) is 2.54. The Hall–Kier alpha value is -4.12. The number of nitrogens with zero attached hydrogens (tertiary/aromatic N) is 6. The minimum Gasteiger partial charge on any atom is -0.458 e. The fraction of sp³-hybridized carbons (Fsp3) is 0.500. The number of carbonyl (C=O) groups excluding carboxylic acids is 2. The number of benzene rings is 2. The average Bonchev–Trinajstić information content (AvgIpc) is 3.77. The average molecular weight is 816 g/mol. The van der Waals surface area contributed by atoms with Crippen LogP contribution < -0.4 is 15.0 Å². The Bertz CT molecular complexity index is 2240. The molecule has 2 unspecified atom stereocenters. The highest BCUT2D eigenvalue weighted by Crippen LogP contribution is 2.44. The number of aromatic nitrogens is 3. The first-order valence-electron chi connectivity index (χ1n) is 18.2. The predicted molar refractivity (Wildman–Crippen MR) is 216 cm³/mol. The number of piperazine rings is 1. The number of halogens is 3. The predicted octanol–water partition coefficient (Wildman–Crippen LogP) is 8.54. The van der Waals surface area contributed by atoms with Crippen LogP contribution in [0.3, 0.4) is 0 Å². The molecule has 5 heterocycles. The van der Waals surface area contributed by atoms with Crippen molar-refractivity contribution < 1.29 is 32.6 Å². The SMILES string of the molecule is CN1CCCC1=S=CCOc1nc(N2CC3CCC(C2)N3C(=O)OC(C)(C)C)c2cc(Cl)c(-c3ccc(F)c4sc(NC(=O)OC(C)(C)C)nc34)c(F)c2n1. The third-order valence-corrected chi connectivity index (χ3v) is 11.8. The Kier molecular flexibility index (Phi) is 10.7. The van der Waals surface area contributed by atoms with Gasteiger partial charge in [0.25, 0.3) is 0 Å². The molecule has 2 aromatic heterocycles. The van der Waals surface area contributed by atoms with Crippen molar-refractivity contribution in [2.75, 3.05) is 43.5 Å². The molecule has 2 bridgehead atoms. The molecule has 3 saturated heterocycles. The van der Waals surface area contributed by atoms with Gasteiger partial charge in [-0.3, -0.25) is 15.1 Å². The number of hydrogen-bond donors (Lipinski definition) is 1. The molecule has 7 rings (SSSR count). The molecule has 2 aromatic carbocycles. The van der Waals surface area contributed by atoms with Crippen molar-refractivity contribution in [2.24, 2.45) is 0 Å². The first kappa shape index (κ1) is 39.1. The van der Waals surface area contributed by atoms with E-state index in [0.717, 1.165) is 43.6 Å². The number of thiazole rings is 1. The molecule has 3 aliphatic heterocycles. The summed E-state index contributed by atoms with van der Waals surface area (Å²) >= 11 is 7.83. The number of ether oxygens (including phenoxy) is 3. The van der Waals surface area contributed by atoms with Crippen LogP contribution in [0.15, 0.2) is 18.2 Å². The van der Waals surface area contributed by atoms with Crippen LogP contribution >= 0.6 is 33.9 Å². The normalized spacial score (nSPS) is 19.0. The fourth-order valence-corrected chi connectivity index (χ4v) is 9.23. The van der Waals surface area contributed by atoms with E-state index in [4.69, 9.17) is 30.8 Å². The summed E-state index contributed by atoms with van der Waals surface area (Å²) in [5.74, 6) is -0.940. The van der Waals surface area contributed by atoms with Gasteiger partial charge in [-0.25, -0.2) is 23.4 Å². The third kappa shape index (κ3) is 8.37. The molecule has 3 fully saturated rings. The van der Waals surface area contributed by atoms with Crippen LogP contribution in [-0.2, 0) is 9.47 Å². The second-order valence-electron chi connectivity index (χ2n) is 15.9. The maximum atomic E-state index is 17.2. The highest BCUT2D eigenvalue weighted by Gasteiger charge is 2.45. The van der Waals surface area contributed by atoms with Crippen molar-refractivity contribution in [3.8, 4) is 17.1 Å². The molecule has 55 heavy (non-hydrogen) atoms. The Balaban J connectivity index is 1.29. The monoisotopic (exact) mass is 815 g/mol. The van der Waals surface area contributed by atoms with Crippen LogP contribution in [0.25, 0.3) is 32.2 Å². The summed E-state index contributed by atoms with van der Waals surface area (Å²) < 4.78 is 49.6. The maximum absolute atomic E-state index is 17.2. The zero-order valence-corrected chi connectivity index (χ0v) is 34.2. The number of fused-ring (bicyclic) bond motifs is 4. The van der Waals surface area contributed by atoms with Crippen LogP contribution in [0.4, 0.5) is 29.3 Å². The number of carbonyl (C=O) groups is 2. The number of anilines is 2. The fourth-order valence-electron chi connectivity index (χ4n) is 7.19. The van der Waals surface area contributed by atoms with E-state index in [1.165, 1.54) is 17.1 Å². The van der Waals surface area contributed by atoms with E-state index in [1.54, 1.807) is 37.8 Å². The Labute approximate surface area is 330 Å². The number of likely N-dealkylation sites (tertiary alicyclic amines) is 1. The molecule has 2 atom stereocenters. The van der Waals surface area contributed by atoms with Gasteiger partial charge >= 0.3 is 18.2 Å². The van der Waals surface area contributed by atoms with E-state index < -0.39 is 28.9 Å². The van der Waals surface area contributed by atoms with E-state index in [9.17, 15) is 9.59 Å². The first-order valence-corrected chi connectivity index (χ1v) is 20.3. The van der Waals surface area contributed by atoms with Gasteiger partial charge in [-0.05, 0) is 92.5 Å². The minimum atomic E-state index is -0.768. The molecule has 0 saturated carbocycles. The second-order valence-corrected chi connectivity index (χ2v) is 18.3. The smallest absolute Gasteiger partial charge is 0.413 e. The van der Waals surface area contributed by atoms with Gasteiger partial charge in [0.2, 0.25) is 0 Å². The largest absolute Gasteiger partial charge is 0.458 e. The van der Waals surface area contributed by atoms with E-state index in [1.807, 2.05) is 35.9 Å². The van der Waals surface area contributed by atoms with Crippen molar-refractivity contribution in [2.45, 2.75) is 90.5 Å². The molecule has 3 aliphatic rings. The van der Waals surface area contributed by atoms with Gasteiger partial charge in [-0.2, -0.15) is 9.97 Å². The number of rotatable bonds is 6.